The largest absolute Gasteiger partial charge is 0.314 e. The molecule has 3 heteroatoms. The molecule has 0 aliphatic carbocycles. The van der Waals surface area contributed by atoms with Gasteiger partial charge in [0.05, 0.1) is 0 Å². The van der Waals surface area contributed by atoms with Crippen molar-refractivity contribution in [3.05, 3.63) is 78.7 Å². The molecule has 4 aromatic rings. The molecule has 1 aromatic heterocycles. The lowest BCUT2D eigenvalue weighted by Crippen LogP contribution is -1.83. The van der Waals surface area contributed by atoms with E-state index < -0.39 is 5.95 Å². The van der Waals surface area contributed by atoms with Crippen LogP contribution in [0.4, 0.5) is 4.39 Å². The second-order valence-corrected chi connectivity index (χ2v) is 5.14. The van der Waals surface area contributed by atoms with Gasteiger partial charge in [-0.05, 0) is 10.8 Å². The first-order valence-corrected chi connectivity index (χ1v) is 7.12. The Morgan fingerprint density at radius 2 is 1.50 bits per heavy atom. The van der Waals surface area contributed by atoms with Gasteiger partial charge in [0, 0.05) is 11.1 Å². The van der Waals surface area contributed by atoms with Crippen molar-refractivity contribution in [3.63, 3.8) is 0 Å². The van der Waals surface area contributed by atoms with Gasteiger partial charge in [-0.1, -0.05) is 72.8 Å². The zero-order valence-electron chi connectivity index (χ0n) is 11.8. The van der Waals surface area contributed by atoms with Crippen molar-refractivity contribution in [2.24, 2.45) is 0 Å². The normalized spacial score (nSPS) is 11.0. The molecule has 2 nitrogen and oxygen atoms in total. The van der Waals surface area contributed by atoms with Crippen molar-refractivity contribution < 1.29 is 4.39 Å². The van der Waals surface area contributed by atoms with Crippen molar-refractivity contribution in [2.75, 3.05) is 0 Å². The average Bonchev–Trinajstić information content (AvgIpc) is 2.97. The molecular weight excluding hydrogens is 275 g/mol. The van der Waals surface area contributed by atoms with Crippen LogP contribution in [-0.4, -0.2) is 9.97 Å². The van der Waals surface area contributed by atoms with Crippen LogP contribution in [0, 0.1) is 5.95 Å². The van der Waals surface area contributed by atoms with Crippen molar-refractivity contribution in [3.8, 4) is 22.6 Å². The third kappa shape index (κ3) is 2.07. The first-order valence-electron chi connectivity index (χ1n) is 7.12. The topological polar surface area (TPSA) is 28.7 Å². The monoisotopic (exact) mass is 288 g/mol. The highest BCUT2D eigenvalue weighted by Crippen LogP contribution is 2.29. The highest BCUT2D eigenvalue weighted by Gasteiger charge is 2.14. The van der Waals surface area contributed by atoms with E-state index in [0.717, 1.165) is 21.9 Å². The molecular formula is C19H13FN2. The summed E-state index contributed by atoms with van der Waals surface area (Å²) in [6.07, 6.45) is 0. The molecule has 0 unspecified atom stereocenters. The molecule has 4 rings (SSSR count). The summed E-state index contributed by atoms with van der Waals surface area (Å²) < 4.78 is 14.3. The first-order chi connectivity index (χ1) is 10.8. The second-order valence-electron chi connectivity index (χ2n) is 5.14. The number of fused-ring (bicyclic) bond motifs is 1. The molecule has 0 spiro atoms. The van der Waals surface area contributed by atoms with Gasteiger partial charge in [0.15, 0.2) is 0 Å². The molecule has 3 aromatic carbocycles. The minimum atomic E-state index is -0.408. The molecule has 0 saturated heterocycles. The molecule has 1 N–H and O–H groups in total. The van der Waals surface area contributed by atoms with Crippen LogP contribution >= 0.6 is 0 Å². The van der Waals surface area contributed by atoms with Crippen LogP contribution in [0.2, 0.25) is 0 Å². The number of aromatic nitrogens is 2. The fourth-order valence-corrected chi connectivity index (χ4v) is 2.70. The predicted octanol–water partition coefficient (Wildman–Crippen LogP) is 5.04. The lowest BCUT2D eigenvalue weighted by molar-refractivity contribution is 0.595. The first kappa shape index (κ1) is 12.8. The van der Waals surface area contributed by atoms with E-state index in [9.17, 15) is 4.39 Å². The van der Waals surface area contributed by atoms with E-state index in [-0.39, 0.29) is 0 Å². The number of hydrogen-bond acceptors (Lipinski definition) is 1. The highest BCUT2D eigenvalue weighted by atomic mass is 19.1. The summed E-state index contributed by atoms with van der Waals surface area (Å²) in [5.74, 6) is 0.141. The van der Waals surface area contributed by atoms with E-state index in [1.165, 1.54) is 0 Å². The van der Waals surface area contributed by atoms with Gasteiger partial charge in [0.1, 0.15) is 11.5 Å². The minimum Gasteiger partial charge on any atom is -0.314 e. The SMILES string of the molecule is Fc1[nH]c(-c2cccc3ccccc23)nc1-c1ccccc1. The molecule has 0 saturated carbocycles. The predicted molar refractivity (Wildman–Crippen MR) is 86.9 cm³/mol. The van der Waals surface area contributed by atoms with Gasteiger partial charge in [0.25, 0.3) is 0 Å². The molecule has 22 heavy (non-hydrogen) atoms. The molecule has 0 fully saturated rings. The summed E-state index contributed by atoms with van der Waals surface area (Å²) in [5, 5.41) is 2.16. The Morgan fingerprint density at radius 3 is 2.36 bits per heavy atom. The van der Waals surface area contributed by atoms with Crippen LogP contribution in [0.3, 0.4) is 0 Å². The van der Waals surface area contributed by atoms with Crippen LogP contribution < -0.4 is 0 Å². The third-order valence-electron chi connectivity index (χ3n) is 3.75. The van der Waals surface area contributed by atoms with Crippen molar-refractivity contribution in [1.29, 1.82) is 0 Å². The van der Waals surface area contributed by atoms with Gasteiger partial charge < -0.3 is 4.98 Å². The van der Waals surface area contributed by atoms with E-state index in [1.807, 2.05) is 72.8 Å². The van der Waals surface area contributed by atoms with E-state index in [2.05, 4.69) is 9.97 Å². The maximum Gasteiger partial charge on any atom is 0.219 e. The number of nitrogens with zero attached hydrogens (tertiary/aromatic N) is 1. The van der Waals surface area contributed by atoms with Crippen LogP contribution in [0.5, 0.6) is 0 Å². The van der Waals surface area contributed by atoms with Gasteiger partial charge in [-0.25, -0.2) is 4.98 Å². The molecule has 0 bridgehead atoms. The summed E-state index contributed by atoms with van der Waals surface area (Å²) in [6, 6.07) is 23.3. The minimum absolute atomic E-state index is 0.350. The number of aromatic amines is 1. The molecule has 0 radical (unpaired) electrons. The van der Waals surface area contributed by atoms with Gasteiger partial charge in [-0.3, -0.25) is 0 Å². The van der Waals surface area contributed by atoms with Crippen LogP contribution in [0.25, 0.3) is 33.4 Å². The molecule has 1 heterocycles. The molecule has 0 aliphatic heterocycles. The fourth-order valence-electron chi connectivity index (χ4n) is 2.70. The lowest BCUT2D eigenvalue weighted by Gasteiger charge is -2.03. The highest BCUT2D eigenvalue weighted by molar-refractivity contribution is 5.95. The number of benzene rings is 3. The van der Waals surface area contributed by atoms with E-state index in [1.54, 1.807) is 0 Å². The Hall–Kier alpha value is -2.94. The average molecular weight is 288 g/mol. The third-order valence-corrected chi connectivity index (χ3v) is 3.75. The van der Waals surface area contributed by atoms with Crippen molar-refractivity contribution in [1.82, 2.24) is 9.97 Å². The summed E-state index contributed by atoms with van der Waals surface area (Å²) in [7, 11) is 0. The standard InChI is InChI=1S/C19H13FN2/c20-18-17(14-8-2-1-3-9-14)21-19(22-18)16-12-6-10-13-7-4-5-11-15(13)16/h1-12H,(H,21,22). The Labute approximate surface area is 127 Å². The van der Waals surface area contributed by atoms with Crippen LogP contribution in [-0.2, 0) is 0 Å². The number of H-pyrrole nitrogens is 1. The maximum atomic E-state index is 14.3. The smallest absolute Gasteiger partial charge is 0.219 e. The van der Waals surface area contributed by atoms with Gasteiger partial charge in [-0.2, -0.15) is 4.39 Å². The van der Waals surface area contributed by atoms with E-state index >= 15 is 0 Å². The van der Waals surface area contributed by atoms with Gasteiger partial charge in [-0.15, -0.1) is 0 Å². The summed E-state index contributed by atoms with van der Waals surface area (Å²) >= 11 is 0. The van der Waals surface area contributed by atoms with Crippen LogP contribution in [0.15, 0.2) is 72.8 Å². The zero-order chi connectivity index (χ0) is 14.9. The number of halogens is 1. The van der Waals surface area contributed by atoms with Gasteiger partial charge >= 0.3 is 0 Å². The Kier molecular flexibility index (Phi) is 2.97. The molecule has 106 valence electrons. The summed E-state index contributed by atoms with van der Waals surface area (Å²) in [4.78, 5) is 7.24. The molecule has 0 atom stereocenters. The Morgan fingerprint density at radius 1 is 0.773 bits per heavy atom. The van der Waals surface area contributed by atoms with E-state index in [0.29, 0.717) is 11.5 Å². The fraction of sp³-hybridized carbons (Fsp3) is 0. The maximum absolute atomic E-state index is 14.3. The number of hydrogen-bond donors (Lipinski definition) is 1. The van der Waals surface area contributed by atoms with Crippen LogP contribution in [0.1, 0.15) is 0 Å². The van der Waals surface area contributed by atoms with E-state index in [4.69, 9.17) is 0 Å². The molecule has 0 amide bonds. The lowest BCUT2D eigenvalue weighted by atomic mass is 10.0. The number of imidazole rings is 1. The Balaban J connectivity index is 1.90. The van der Waals surface area contributed by atoms with Crippen molar-refractivity contribution >= 4 is 10.8 Å². The second kappa shape index (κ2) is 5.11. The van der Waals surface area contributed by atoms with Gasteiger partial charge in [0.2, 0.25) is 5.95 Å². The zero-order valence-corrected chi connectivity index (χ0v) is 11.8. The quantitative estimate of drug-likeness (QED) is 0.550. The number of rotatable bonds is 2. The summed E-state index contributed by atoms with van der Waals surface area (Å²) in [5.41, 5.74) is 2.02. The number of nitrogens with one attached hydrogen (secondary N) is 1. The van der Waals surface area contributed by atoms with Crippen molar-refractivity contribution in [2.45, 2.75) is 0 Å². The summed E-state index contributed by atoms with van der Waals surface area (Å²) in [6.45, 7) is 0. The Bertz CT molecular complexity index is 937. The molecule has 0 aliphatic rings.